The minimum atomic E-state index is -2.98. The number of carbonyl (C=O) groups is 1. The molecule has 0 aromatic heterocycles. The highest BCUT2D eigenvalue weighted by atomic mass is 32.2. The van der Waals surface area contributed by atoms with Gasteiger partial charge in [0.15, 0.2) is 9.84 Å². The second-order valence-electron chi connectivity index (χ2n) is 4.53. The highest BCUT2D eigenvalue weighted by Crippen LogP contribution is 2.29. The normalized spacial score (nSPS) is 18.2. The van der Waals surface area contributed by atoms with Crippen molar-refractivity contribution in [1.29, 1.82) is 0 Å². The van der Waals surface area contributed by atoms with Crippen molar-refractivity contribution in [2.75, 3.05) is 29.5 Å². The smallest absolute Gasteiger partial charge is 0.307 e. The first-order valence-electron chi connectivity index (χ1n) is 5.86. The summed E-state index contributed by atoms with van der Waals surface area (Å²) in [5, 5.41) is 18.6. The molecule has 1 heterocycles. The molecule has 0 unspecified atom stereocenters. The molecule has 6 nitrogen and oxygen atoms in total. The number of hydrogen-bond donors (Lipinski definition) is 2. The van der Waals surface area contributed by atoms with Gasteiger partial charge in [0.25, 0.3) is 0 Å². The number of phenols is 1. The molecule has 1 aromatic rings. The third kappa shape index (κ3) is 3.37. The van der Waals surface area contributed by atoms with E-state index in [-0.39, 0.29) is 23.7 Å². The zero-order valence-electron chi connectivity index (χ0n) is 10.2. The molecular weight excluding hydrogens is 270 g/mol. The van der Waals surface area contributed by atoms with Crippen LogP contribution in [0.25, 0.3) is 0 Å². The van der Waals surface area contributed by atoms with Crippen molar-refractivity contribution < 1.29 is 23.4 Å². The number of carboxylic acids is 1. The van der Waals surface area contributed by atoms with E-state index in [1.807, 2.05) is 0 Å². The average molecular weight is 285 g/mol. The minimum Gasteiger partial charge on any atom is -0.506 e. The van der Waals surface area contributed by atoms with Gasteiger partial charge in [0.1, 0.15) is 5.75 Å². The molecule has 2 N–H and O–H groups in total. The van der Waals surface area contributed by atoms with Crippen LogP contribution in [0.3, 0.4) is 0 Å². The molecule has 0 aliphatic carbocycles. The maximum absolute atomic E-state index is 11.4. The van der Waals surface area contributed by atoms with Gasteiger partial charge >= 0.3 is 5.97 Å². The fourth-order valence-electron chi connectivity index (χ4n) is 2.06. The van der Waals surface area contributed by atoms with Crippen molar-refractivity contribution in [3.8, 4) is 5.75 Å². The van der Waals surface area contributed by atoms with E-state index in [9.17, 15) is 18.3 Å². The molecule has 1 saturated heterocycles. The van der Waals surface area contributed by atoms with Crippen LogP contribution in [0.1, 0.15) is 5.56 Å². The van der Waals surface area contributed by atoms with Gasteiger partial charge in [-0.2, -0.15) is 0 Å². The molecule has 1 aromatic carbocycles. The Balaban J connectivity index is 2.22. The van der Waals surface area contributed by atoms with Gasteiger partial charge in [-0.1, -0.05) is 6.07 Å². The topological polar surface area (TPSA) is 94.9 Å². The summed E-state index contributed by atoms with van der Waals surface area (Å²) in [4.78, 5) is 12.4. The van der Waals surface area contributed by atoms with E-state index >= 15 is 0 Å². The van der Waals surface area contributed by atoms with Crippen LogP contribution in [-0.2, 0) is 21.1 Å². The molecule has 0 bridgehead atoms. The maximum atomic E-state index is 11.4. The molecule has 0 saturated carbocycles. The number of nitrogens with zero attached hydrogens (tertiary/aromatic N) is 1. The van der Waals surface area contributed by atoms with Crippen molar-refractivity contribution in [3.05, 3.63) is 23.8 Å². The van der Waals surface area contributed by atoms with Gasteiger partial charge in [-0.25, -0.2) is 8.42 Å². The number of phenolic OH excluding ortho intramolecular Hbond substituents is 1. The number of carboxylic acid groups (broad SMARTS) is 1. The molecule has 0 spiro atoms. The Morgan fingerprint density at radius 1 is 1.26 bits per heavy atom. The van der Waals surface area contributed by atoms with Crippen LogP contribution in [0.2, 0.25) is 0 Å². The summed E-state index contributed by atoms with van der Waals surface area (Å²) in [7, 11) is -2.98. The largest absolute Gasteiger partial charge is 0.506 e. The maximum Gasteiger partial charge on any atom is 0.307 e. The molecule has 104 valence electrons. The second-order valence-corrected chi connectivity index (χ2v) is 6.84. The number of sulfone groups is 1. The van der Waals surface area contributed by atoms with E-state index in [0.717, 1.165) is 0 Å². The Kier molecular flexibility index (Phi) is 3.66. The third-order valence-corrected chi connectivity index (χ3v) is 4.69. The molecule has 19 heavy (non-hydrogen) atoms. The molecule has 0 radical (unpaired) electrons. The lowest BCUT2D eigenvalue weighted by molar-refractivity contribution is -0.136. The standard InChI is InChI=1S/C12H15NO5S/c14-11-2-1-9(8-12(15)16)7-10(11)13-3-5-19(17,18)6-4-13/h1-2,7,14H,3-6,8H2,(H,15,16). The van der Waals surface area contributed by atoms with E-state index in [1.165, 1.54) is 6.07 Å². The third-order valence-electron chi connectivity index (χ3n) is 3.08. The van der Waals surface area contributed by atoms with Gasteiger partial charge in [-0.3, -0.25) is 4.79 Å². The summed E-state index contributed by atoms with van der Waals surface area (Å²) in [6.45, 7) is 0.624. The average Bonchev–Trinajstić information content (AvgIpc) is 2.31. The fraction of sp³-hybridized carbons (Fsp3) is 0.417. The van der Waals surface area contributed by atoms with E-state index in [2.05, 4.69) is 0 Å². The molecular formula is C12H15NO5S. The quantitative estimate of drug-likeness (QED) is 0.827. The molecule has 0 atom stereocenters. The molecule has 7 heteroatoms. The van der Waals surface area contributed by atoms with Crippen LogP contribution in [-0.4, -0.2) is 49.2 Å². The van der Waals surface area contributed by atoms with E-state index in [1.54, 1.807) is 17.0 Å². The number of aromatic hydroxyl groups is 1. The molecule has 1 fully saturated rings. The van der Waals surface area contributed by atoms with Crippen LogP contribution >= 0.6 is 0 Å². The molecule has 0 amide bonds. The van der Waals surface area contributed by atoms with Crippen molar-refractivity contribution in [1.82, 2.24) is 0 Å². The van der Waals surface area contributed by atoms with Crippen LogP contribution in [0, 0.1) is 0 Å². The van der Waals surface area contributed by atoms with Gasteiger partial charge in [-0.15, -0.1) is 0 Å². The molecule has 2 rings (SSSR count). The predicted molar refractivity (Wildman–Crippen MR) is 70.3 cm³/mol. The fourth-order valence-corrected chi connectivity index (χ4v) is 3.26. The number of rotatable bonds is 3. The Morgan fingerprint density at radius 2 is 1.89 bits per heavy atom. The second kappa shape index (κ2) is 5.08. The van der Waals surface area contributed by atoms with Crippen molar-refractivity contribution >= 4 is 21.5 Å². The zero-order chi connectivity index (χ0) is 14.0. The highest BCUT2D eigenvalue weighted by Gasteiger charge is 2.23. The van der Waals surface area contributed by atoms with Crippen LogP contribution < -0.4 is 4.90 Å². The summed E-state index contributed by atoms with van der Waals surface area (Å²) in [5.41, 5.74) is 1.07. The minimum absolute atomic E-state index is 0.0356. The monoisotopic (exact) mass is 285 g/mol. The summed E-state index contributed by atoms with van der Waals surface area (Å²) in [6.07, 6.45) is -0.126. The van der Waals surface area contributed by atoms with Crippen molar-refractivity contribution in [2.24, 2.45) is 0 Å². The van der Waals surface area contributed by atoms with Gasteiger partial charge in [0.2, 0.25) is 0 Å². The number of hydrogen-bond acceptors (Lipinski definition) is 5. The predicted octanol–water partition coefficient (Wildman–Crippen LogP) is 0.254. The first-order chi connectivity index (χ1) is 8.87. The number of aliphatic carboxylic acids is 1. The lowest BCUT2D eigenvalue weighted by Crippen LogP contribution is -2.40. The molecule has 1 aliphatic rings. The summed E-state index contributed by atoms with van der Waals surface area (Å²) in [5.74, 6) is -0.808. The van der Waals surface area contributed by atoms with Gasteiger partial charge in [0.05, 0.1) is 23.6 Å². The molecule has 1 aliphatic heterocycles. The van der Waals surface area contributed by atoms with E-state index < -0.39 is 15.8 Å². The zero-order valence-corrected chi connectivity index (χ0v) is 11.1. The van der Waals surface area contributed by atoms with Crippen LogP contribution in [0.15, 0.2) is 18.2 Å². The van der Waals surface area contributed by atoms with Crippen molar-refractivity contribution in [2.45, 2.75) is 6.42 Å². The van der Waals surface area contributed by atoms with Crippen LogP contribution in [0.5, 0.6) is 5.75 Å². The summed E-state index contributed by atoms with van der Waals surface area (Å²) >= 11 is 0. The van der Waals surface area contributed by atoms with Gasteiger partial charge < -0.3 is 15.1 Å². The first kappa shape index (κ1) is 13.7. The highest BCUT2D eigenvalue weighted by molar-refractivity contribution is 7.91. The van der Waals surface area contributed by atoms with Gasteiger partial charge in [0, 0.05) is 13.1 Å². The SMILES string of the molecule is O=C(O)Cc1ccc(O)c(N2CCS(=O)(=O)CC2)c1. The first-order valence-corrected chi connectivity index (χ1v) is 7.68. The summed E-state index contributed by atoms with van der Waals surface area (Å²) < 4.78 is 22.7. The Morgan fingerprint density at radius 3 is 2.47 bits per heavy atom. The van der Waals surface area contributed by atoms with E-state index in [4.69, 9.17) is 5.11 Å². The van der Waals surface area contributed by atoms with Crippen molar-refractivity contribution in [3.63, 3.8) is 0 Å². The Labute approximate surface area is 111 Å². The number of anilines is 1. The summed E-state index contributed by atoms with van der Waals surface area (Å²) in [6, 6.07) is 4.59. The van der Waals surface area contributed by atoms with Crippen LogP contribution in [0.4, 0.5) is 5.69 Å². The van der Waals surface area contributed by atoms with E-state index in [0.29, 0.717) is 24.3 Å². The Bertz CT molecular complexity index is 582. The van der Waals surface area contributed by atoms with Gasteiger partial charge in [-0.05, 0) is 17.7 Å². The number of benzene rings is 1. The lowest BCUT2D eigenvalue weighted by Gasteiger charge is -2.29. The Hall–Kier alpha value is -1.76. The lowest BCUT2D eigenvalue weighted by atomic mass is 10.1.